The molecule has 0 spiro atoms. The van der Waals surface area contributed by atoms with Gasteiger partial charge in [-0.25, -0.2) is 0 Å². The lowest BCUT2D eigenvalue weighted by Crippen LogP contribution is -2.33. The summed E-state index contributed by atoms with van der Waals surface area (Å²) < 4.78 is 21.4. The SMILES string of the molecule is C[Si](C)(C)OP(=O)(O[Si](C)(C)C)C(Cl)(Cl)Cl. The van der Waals surface area contributed by atoms with Gasteiger partial charge in [0.05, 0.1) is 0 Å². The van der Waals surface area contributed by atoms with Crippen LogP contribution in [0.2, 0.25) is 39.3 Å². The Morgan fingerprint density at radius 2 is 1.12 bits per heavy atom. The van der Waals surface area contributed by atoms with Crippen molar-refractivity contribution in [2.24, 2.45) is 0 Å². The first-order valence-electron chi connectivity index (χ1n) is 4.75. The maximum absolute atomic E-state index is 12.5. The van der Waals surface area contributed by atoms with Crippen molar-refractivity contribution in [2.75, 3.05) is 0 Å². The van der Waals surface area contributed by atoms with Crippen LogP contribution in [0.15, 0.2) is 0 Å². The van der Waals surface area contributed by atoms with E-state index in [4.69, 9.17) is 43.2 Å². The van der Waals surface area contributed by atoms with Gasteiger partial charge in [0.1, 0.15) is 0 Å². The quantitative estimate of drug-likeness (QED) is 0.399. The van der Waals surface area contributed by atoms with Crippen LogP contribution in [0.4, 0.5) is 0 Å². The summed E-state index contributed by atoms with van der Waals surface area (Å²) in [7, 11) is -7.97. The van der Waals surface area contributed by atoms with Crippen molar-refractivity contribution in [3.8, 4) is 0 Å². The molecule has 0 heterocycles. The lowest BCUT2D eigenvalue weighted by molar-refractivity contribution is 0.383. The van der Waals surface area contributed by atoms with Gasteiger partial charge in [-0.15, -0.1) is 0 Å². The minimum atomic E-state index is -3.73. The monoisotopic (exact) mass is 342 g/mol. The highest BCUT2D eigenvalue weighted by molar-refractivity contribution is 7.65. The Hall–Kier alpha value is 1.45. The summed E-state index contributed by atoms with van der Waals surface area (Å²) in [5.74, 6) is 0. The molecule has 0 aliphatic carbocycles. The average Bonchev–Trinajstić information content (AvgIpc) is 1.72. The lowest BCUT2D eigenvalue weighted by atomic mass is 11.8. The molecule has 0 amide bonds. The van der Waals surface area contributed by atoms with Gasteiger partial charge in [-0.05, 0) is 39.3 Å². The predicted molar refractivity (Wildman–Crippen MR) is 76.8 cm³/mol. The third-order valence-corrected chi connectivity index (χ3v) is 9.89. The van der Waals surface area contributed by atoms with Gasteiger partial charge < -0.3 is 8.43 Å². The van der Waals surface area contributed by atoms with Crippen molar-refractivity contribution < 1.29 is 13.0 Å². The molecule has 0 fully saturated rings. The van der Waals surface area contributed by atoms with Crippen LogP contribution in [0.25, 0.3) is 0 Å². The third-order valence-electron chi connectivity index (χ3n) is 1.10. The van der Waals surface area contributed by atoms with E-state index in [2.05, 4.69) is 0 Å². The largest absolute Gasteiger partial charge is 0.362 e. The Balaban J connectivity index is 5.16. The molecule has 0 aliphatic rings. The van der Waals surface area contributed by atoms with Crippen molar-refractivity contribution in [2.45, 2.75) is 42.8 Å². The van der Waals surface area contributed by atoms with Crippen LogP contribution in [0.5, 0.6) is 0 Å². The molecule has 0 atom stereocenters. The van der Waals surface area contributed by atoms with Gasteiger partial charge in [0.25, 0.3) is 3.53 Å². The van der Waals surface area contributed by atoms with Gasteiger partial charge in [-0.3, -0.25) is 4.57 Å². The van der Waals surface area contributed by atoms with Crippen LogP contribution in [-0.2, 0) is 13.0 Å². The molecule has 0 N–H and O–H groups in total. The maximum atomic E-state index is 12.5. The highest BCUT2D eigenvalue weighted by Crippen LogP contribution is 2.68. The highest BCUT2D eigenvalue weighted by Gasteiger charge is 2.51. The molecule has 0 aromatic rings. The smallest absolute Gasteiger partial charge is 0.349 e. The normalized spacial score (nSPS) is 15.3. The number of hydrogen-bond donors (Lipinski definition) is 0. The van der Waals surface area contributed by atoms with Gasteiger partial charge >= 0.3 is 7.60 Å². The van der Waals surface area contributed by atoms with E-state index < -0.39 is 27.8 Å². The van der Waals surface area contributed by atoms with E-state index in [0.29, 0.717) is 0 Å². The van der Waals surface area contributed by atoms with Gasteiger partial charge in [-0.2, -0.15) is 0 Å². The molecular formula is C7H18Cl3O3PSi2. The summed E-state index contributed by atoms with van der Waals surface area (Å²) in [5.41, 5.74) is 0. The Morgan fingerprint density at radius 1 is 0.875 bits per heavy atom. The Morgan fingerprint density at radius 3 is 1.25 bits per heavy atom. The fourth-order valence-corrected chi connectivity index (χ4v) is 9.79. The molecule has 98 valence electrons. The standard InChI is InChI=1S/C7H18Cl3O3PSi2/c1-15(2,3)12-14(11,7(8,9)10)13-16(4,5)6/h1-6H3. The topological polar surface area (TPSA) is 35.5 Å². The molecule has 3 nitrogen and oxygen atoms in total. The first kappa shape index (κ1) is 17.5. The highest BCUT2D eigenvalue weighted by atomic mass is 35.6. The Bertz CT molecular complexity index is 273. The van der Waals surface area contributed by atoms with Crippen molar-refractivity contribution in [3.05, 3.63) is 0 Å². The van der Waals surface area contributed by atoms with Crippen LogP contribution >= 0.6 is 42.4 Å². The summed E-state index contributed by atoms with van der Waals surface area (Å²) in [6, 6.07) is 0. The van der Waals surface area contributed by atoms with Gasteiger partial charge in [-0.1, -0.05) is 34.8 Å². The zero-order valence-corrected chi connectivity index (χ0v) is 15.5. The second-order valence-corrected chi connectivity index (χ2v) is 20.0. The van der Waals surface area contributed by atoms with E-state index in [0.717, 1.165) is 0 Å². The van der Waals surface area contributed by atoms with Crippen LogP contribution in [-0.4, -0.2) is 20.2 Å². The van der Waals surface area contributed by atoms with Gasteiger partial charge in [0.15, 0.2) is 16.6 Å². The molecule has 9 heteroatoms. The molecule has 0 saturated heterocycles. The molecule has 0 rings (SSSR count). The molecule has 0 aromatic carbocycles. The molecule has 0 saturated carbocycles. The van der Waals surface area contributed by atoms with Crippen molar-refractivity contribution in [1.82, 2.24) is 0 Å². The zero-order valence-electron chi connectivity index (χ0n) is 10.3. The lowest BCUT2D eigenvalue weighted by Gasteiger charge is -2.34. The van der Waals surface area contributed by atoms with Crippen LogP contribution < -0.4 is 0 Å². The summed E-state index contributed by atoms with van der Waals surface area (Å²) in [6.45, 7) is 11.2. The van der Waals surface area contributed by atoms with Crippen molar-refractivity contribution >= 4 is 59.0 Å². The first-order chi connectivity index (χ1) is 6.66. The minimum Gasteiger partial charge on any atom is -0.349 e. The Labute approximate surface area is 115 Å². The van der Waals surface area contributed by atoms with E-state index in [1.165, 1.54) is 0 Å². The number of rotatable bonds is 4. The van der Waals surface area contributed by atoms with Crippen LogP contribution in [0, 0.1) is 0 Å². The predicted octanol–water partition coefficient (Wildman–Crippen LogP) is 5.21. The van der Waals surface area contributed by atoms with Gasteiger partial charge in [0.2, 0.25) is 0 Å². The minimum absolute atomic E-state index is 1.86. The summed E-state index contributed by atoms with van der Waals surface area (Å²) in [4.78, 5) is 0. The average molecular weight is 344 g/mol. The van der Waals surface area contributed by atoms with E-state index in [1.807, 2.05) is 39.3 Å². The van der Waals surface area contributed by atoms with Crippen LogP contribution in [0.1, 0.15) is 0 Å². The van der Waals surface area contributed by atoms with Gasteiger partial charge in [0, 0.05) is 0 Å². The second kappa shape index (κ2) is 5.21. The molecular weight excluding hydrogens is 326 g/mol. The van der Waals surface area contributed by atoms with Crippen molar-refractivity contribution in [3.63, 3.8) is 0 Å². The fraction of sp³-hybridized carbons (Fsp3) is 1.00. The molecule has 0 radical (unpaired) electrons. The first-order valence-corrected chi connectivity index (χ1v) is 14.2. The summed E-state index contributed by atoms with van der Waals surface area (Å²) in [6.07, 6.45) is 0. The summed E-state index contributed by atoms with van der Waals surface area (Å²) in [5, 5.41) is 0. The summed E-state index contributed by atoms with van der Waals surface area (Å²) >= 11 is 17.1. The second-order valence-electron chi connectivity index (χ2n) is 5.37. The fourth-order valence-electron chi connectivity index (χ4n) is 0.843. The van der Waals surface area contributed by atoms with E-state index in [1.54, 1.807) is 0 Å². The molecule has 0 aromatic heterocycles. The number of alkyl halides is 3. The number of hydrogen-bond acceptors (Lipinski definition) is 3. The maximum Gasteiger partial charge on any atom is 0.362 e. The molecule has 0 unspecified atom stereocenters. The van der Waals surface area contributed by atoms with E-state index >= 15 is 0 Å². The number of halogens is 3. The van der Waals surface area contributed by atoms with Crippen molar-refractivity contribution in [1.29, 1.82) is 0 Å². The Kier molecular flexibility index (Phi) is 5.69. The third kappa shape index (κ3) is 6.40. The van der Waals surface area contributed by atoms with E-state index in [-0.39, 0.29) is 0 Å². The zero-order chi connectivity index (χ0) is 13.4. The molecule has 0 aliphatic heterocycles. The van der Waals surface area contributed by atoms with Crippen LogP contribution in [0.3, 0.4) is 0 Å². The molecule has 16 heavy (non-hydrogen) atoms. The van der Waals surface area contributed by atoms with E-state index in [9.17, 15) is 4.57 Å². The molecule has 0 bridgehead atoms.